The zero-order valence-electron chi connectivity index (χ0n) is 20.2. The van der Waals surface area contributed by atoms with E-state index in [4.69, 9.17) is 26.3 Å². The van der Waals surface area contributed by atoms with Crippen LogP contribution in [0.25, 0.3) is 22.4 Å². The number of anilines is 1. The topological polar surface area (TPSA) is 97.1 Å². The van der Waals surface area contributed by atoms with Gasteiger partial charge in [-0.25, -0.2) is 9.97 Å². The first-order valence-electron chi connectivity index (χ1n) is 11.6. The third kappa shape index (κ3) is 6.81. The van der Waals surface area contributed by atoms with Gasteiger partial charge in [0, 0.05) is 30.1 Å². The number of fused-ring (bicyclic) bond motifs is 1. The minimum atomic E-state index is 0.324. The molecule has 4 rings (SSSR count). The third-order valence-corrected chi connectivity index (χ3v) is 5.70. The second kappa shape index (κ2) is 12.9. The summed E-state index contributed by atoms with van der Waals surface area (Å²) in [6.45, 7) is 7.52. The lowest BCUT2D eigenvalue weighted by atomic mass is 10.1. The maximum absolute atomic E-state index is 11.0. The fraction of sp³-hybridized carbons (Fsp3) is 0.296. The highest BCUT2D eigenvalue weighted by molar-refractivity contribution is 6.29. The molecule has 1 aliphatic heterocycles. The number of aromatic amines is 1. The van der Waals surface area contributed by atoms with E-state index in [1.807, 2.05) is 36.4 Å². The van der Waals surface area contributed by atoms with Gasteiger partial charge in [-0.2, -0.15) is 0 Å². The average Bonchev–Trinajstić information content (AvgIpc) is 3.51. The molecule has 2 aromatic heterocycles. The van der Waals surface area contributed by atoms with E-state index in [-0.39, 0.29) is 0 Å². The standard InChI is InChI=1S/C26H27ClN4O2.CH5N/c1-3-7-22(14-18(2)27)33-17-21-15-23-25(28-21)29-24(20-8-5-4-6-9-20)30-26(23)31-12-10-19(16-31)11-13-32;1-2/h3-9,13-15,19H,1,10-12,16-17H2,2H3,(H,28,29,30);2H2,1H3/b18-14+,22-7+;. The molecule has 7 nitrogen and oxygen atoms in total. The lowest BCUT2D eigenvalue weighted by molar-refractivity contribution is -0.108. The Bertz CT molecular complexity index is 1200. The van der Waals surface area contributed by atoms with Crippen LogP contribution in [0.1, 0.15) is 25.5 Å². The molecule has 1 unspecified atom stereocenters. The number of ether oxygens (including phenoxy) is 1. The molecule has 3 N–H and O–H groups in total. The van der Waals surface area contributed by atoms with Gasteiger partial charge in [0.15, 0.2) is 5.82 Å². The molecule has 35 heavy (non-hydrogen) atoms. The molecule has 1 saturated heterocycles. The van der Waals surface area contributed by atoms with E-state index in [9.17, 15) is 4.79 Å². The molecule has 0 radical (unpaired) electrons. The van der Waals surface area contributed by atoms with E-state index in [1.165, 1.54) is 7.05 Å². The van der Waals surface area contributed by atoms with Crippen LogP contribution in [0.4, 0.5) is 5.82 Å². The molecule has 184 valence electrons. The van der Waals surface area contributed by atoms with Crippen molar-refractivity contribution in [3.63, 3.8) is 0 Å². The van der Waals surface area contributed by atoms with Crippen LogP contribution >= 0.6 is 11.6 Å². The van der Waals surface area contributed by atoms with Crippen molar-refractivity contribution in [2.45, 2.75) is 26.4 Å². The number of benzene rings is 1. The van der Waals surface area contributed by atoms with Crippen molar-refractivity contribution in [1.29, 1.82) is 0 Å². The van der Waals surface area contributed by atoms with E-state index in [0.29, 0.717) is 35.6 Å². The number of aromatic nitrogens is 3. The van der Waals surface area contributed by atoms with Crippen molar-refractivity contribution >= 4 is 34.7 Å². The Morgan fingerprint density at radius 2 is 2.09 bits per heavy atom. The van der Waals surface area contributed by atoms with E-state index in [2.05, 4.69) is 22.2 Å². The molecule has 8 heteroatoms. The number of aldehydes is 1. The summed E-state index contributed by atoms with van der Waals surface area (Å²) in [4.78, 5) is 26.4. The van der Waals surface area contributed by atoms with Gasteiger partial charge in [-0.05, 0) is 44.5 Å². The van der Waals surface area contributed by atoms with Gasteiger partial charge in [0.05, 0.1) is 11.1 Å². The molecule has 1 aliphatic rings. The Morgan fingerprint density at radius 3 is 2.77 bits per heavy atom. The number of rotatable bonds is 9. The normalized spacial score (nSPS) is 16.1. The summed E-state index contributed by atoms with van der Waals surface area (Å²) in [5.41, 5.74) is 7.09. The molecule has 0 spiro atoms. The van der Waals surface area contributed by atoms with Gasteiger partial charge in [-0.3, -0.25) is 0 Å². The van der Waals surface area contributed by atoms with Crippen LogP contribution in [0, 0.1) is 5.92 Å². The summed E-state index contributed by atoms with van der Waals surface area (Å²) in [6, 6.07) is 12.0. The van der Waals surface area contributed by atoms with Crippen LogP contribution in [0.15, 0.2) is 72.0 Å². The Hall–Kier alpha value is -3.42. The van der Waals surface area contributed by atoms with E-state index in [1.54, 1.807) is 25.2 Å². The number of hydrogen-bond donors (Lipinski definition) is 2. The molecule has 3 aromatic rings. The predicted molar refractivity (Wildman–Crippen MR) is 143 cm³/mol. The lowest BCUT2D eigenvalue weighted by Gasteiger charge is -2.19. The van der Waals surface area contributed by atoms with Crippen LogP contribution < -0.4 is 10.6 Å². The third-order valence-electron chi connectivity index (χ3n) is 5.59. The molecule has 3 heterocycles. The minimum absolute atomic E-state index is 0.324. The van der Waals surface area contributed by atoms with Gasteiger partial charge in [0.25, 0.3) is 0 Å². The molecule has 0 saturated carbocycles. The number of nitrogens with zero attached hydrogens (tertiary/aromatic N) is 3. The highest BCUT2D eigenvalue weighted by Gasteiger charge is 2.26. The first kappa shape index (κ1) is 26.2. The van der Waals surface area contributed by atoms with Crippen molar-refractivity contribution in [2.75, 3.05) is 25.0 Å². The van der Waals surface area contributed by atoms with Crippen LogP contribution in [0.2, 0.25) is 0 Å². The summed E-state index contributed by atoms with van der Waals surface area (Å²) in [6.07, 6.45) is 7.75. The van der Waals surface area contributed by atoms with Crippen molar-refractivity contribution in [1.82, 2.24) is 15.0 Å². The highest BCUT2D eigenvalue weighted by Crippen LogP contribution is 2.32. The number of hydrogen-bond acceptors (Lipinski definition) is 6. The number of carbonyl (C=O) groups excluding carboxylic acids is 1. The lowest BCUT2D eigenvalue weighted by Crippen LogP contribution is -2.21. The molecule has 1 atom stereocenters. The first-order valence-corrected chi connectivity index (χ1v) is 12.0. The zero-order valence-corrected chi connectivity index (χ0v) is 21.0. The van der Waals surface area contributed by atoms with E-state index >= 15 is 0 Å². The van der Waals surface area contributed by atoms with Gasteiger partial charge in [-0.15, -0.1) is 0 Å². The summed E-state index contributed by atoms with van der Waals surface area (Å²) < 4.78 is 5.94. The Balaban J connectivity index is 0.00000167. The van der Waals surface area contributed by atoms with Crippen LogP contribution in [0.5, 0.6) is 0 Å². The maximum Gasteiger partial charge on any atom is 0.163 e. The van der Waals surface area contributed by atoms with Gasteiger partial charge in [-0.1, -0.05) is 54.6 Å². The molecule has 0 bridgehead atoms. The summed E-state index contributed by atoms with van der Waals surface area (Å²) in [5, 5.41) is 1.57. The monoisotopic (exact) mass is 493 g/mol. The zero-order chi connectivity index (χ0) is 25.2. The van der Waals surface area contributed by atoms with Gasteiger partial charge >= 0.3 is 0 Å². The van der Waals surface area contributed by atoms with Crippen LogP contribution in [0.3, 0.4) is 0 Å². The summed E-state index contributed by atoms with van der Waals surface area (Å²) in [5.74, 6) is 2.53. The summed E-state index contributed by atoms with van der Waals surface area (Å²) in [7, 11) is 1.50. The van der Waals surface area contributed by atoms with Crippen LogP contribution in [-0.2, 0) is 16.1 Å². The molecule has 1 fully saturated rings. The fourth-order valence-corrected chi connectivity index (χ4v) is 4.16. The smallest absolute Gasteiger partial charge is 0.163 e. The summed E-state index contributed by atoms with van der Waals surface area (Å²) >= 11 is 6.01. The number of carbonyl (C=O) groups is 1. The SMILES string of the molecule is C=C/C=C(\C=C(/C)Cl)OCc1cc2c(N3CCC(CC=O)C3)nc(-c3ccccc3)nc2[nH]1.CN. The van der Waals surface area contributed by atoms with Crippen molar-refractivity contribution in [3.8, 4) is 11.4 Å². The van der Waals surface area contributed by atoms with Gasteiger partial charge in [0.1, 0.15) is 30.1 Å². The quantitative estimate of drug-likeness (QED) is 0.237. The fourth-order valence-electron chi connectivity index (χ4n) is 4.05. The molecule has 0 aliphatic carbocycles. The van der Waals surface area contributed by atoms with Gasteiger partial charge in [0.2, 0.25) is 0 Å². The second-order valence-electron chi connectivity index (χ2n) is 8.12. The van der Waals surface area contributed by atoms with E-state index in [0.717, 1.165) is 53.9 Å². The number of allylic oxidation sites excluding steroid dienone is 4. The first-order chi connectivity index (χ1) is 17.1. The largest absolute Gasteiger partial charge is 0.487 e. The molecule has 1 aromatic carbocycles. The maximum atomic E-state index is 11.0. The predicted octanol–water partition coefficient (Wildman–Crippen LogP) is 5.34. The average molecular weight is 494 g/mol. The van der Waals surface area contributed by atoms with Crippen molar-refractivity contribution in [2.24, 2.45) is 11.7 Å². The molecule has 0 amide bonds. The van der Waals surface area contributed by atoms with Crippen molar-refractivity contribution < 1.29 is 9.53 Å². The number of nitrogens with one attached hydrogen (secondary N) is 1. The number of H-pyrrole nitrogens is 1. The minimum Gasteiger partial charge on any atom is -0.487 e. The van der Waals surface area contributed by atoms with Crippen molar-refractivity contribution in [3.05, 3.63) is 77.7 Å². The second-order valence-corrected chi connectivity index (χ2v) is 8.72. The number of nitrogens with two attached hydrogens (primary N) is 1. The highest BCUT2D eigenvalue weighted by atomic mass is 35.5. The Labute approximate surface area is 211 Å². The molecular weight excluding hydrogens is 462 g/mol. The van der Waals surface area contributed by atoms with Crippen LogP contribution in [-0.4, -0.2) is 41.4 Å². The van der Waals surface area contributed by atoms with E-state index < -0.39 is 0 Å². The van der Waals surface area contributed by atoms with Gasteiger partial charge < -0.3 is 25.1 Å². The Morgan fingerprint density at radius 1 is 1.31 bits per heavy atom. The number of halogens is 1. The Kier molecular flexibility index (Phi) is 9.64. The molecular formula is C27H32ClN5O2.